The van der Waals surface area contributed by atoms with E-state index in [-0.39, 0.29) is 19.7 Å². The molecule has 0 spiro atoms. The highest BCUT2D eigenvalue weighted by Gasteiger charge is 2.55. The Labute approximate surface area is 213 Å². The minimum Gasteiger partial charge on any atom is -0.390 e. The highest BCUT2D eigenvalue weighted by atomic mass is 31.2. The van der Waals surface area contributed by atoms with Gasteiger partial charge in [0.25, 0.3) is 0 Å². The molecule has 1 fully saturated rings. The molecule has 5 unspecified atom stereocenters. The van der Waals surface area contributed by atoms with Gasteiger partial charge in [-0.3, -0.25) is 9.52 Å². The Morgan fingerprint density at radius 3 is 3.00 bits per heavy atom. The van der Waals surface area contributed by atoms with Crippen LogP contribution in [-0.4, -0.2) is 68.2 Å². The van der Waals surface area contributed by atoms with E-state index < -0.39 is 31.5 Å². The first-order valence-corrected chi connectivity index (χ1v) is 13.5. The summed E-state index contributed by atoms with van der Waals surface area (Å²) in [5.41, 5.74) is 8.11. The third-order valence-corrected chi connectivity index (χ3v) is 8.17. The SMILES string of the molecule is C=NCC1(c2ccc3c(N)ncnn23)OC(COP(=O)(O)NCCc2c[nH]c3ccccc23)C(O)C1C. The van der Waals surface area contributed by atoms with Crippen LogP contribution in [0, 0.1) is 5.92 Å². The molecule has 1 aliphatic heterocycles. The molecular formula is C24H30N7O5P. The maximum atomic E-state index is 12.7. The second kappa shape index (κ2) is 9.97. The van der Waals surface area contributed by atoms with Gasteiger partial charge in [-0.05, 0) is 36.9 Å². The van der Waals surface area contributed by atoms with Gasteiger partial charge in [-0.1, -0.05) is 25.1 Å². The average Bonchev–Trinajstić information content (AvgIpc) is 3.56. The minimum absolute atomic E-state index is 0.122. The van der Waals surface area contributed by atoms with E-state index in [0.717, 1.165) is 16.5 Å². The number of nitrogens with two attached hydrogens (primary N) is 1. The number of rotatable bonds is 10. The van der Waals surface area contributed by atoms with Gasteiger partial charge in [0.05, 0.1) is 24.9 Å². The van der Waals surface area contributed by atoms with Gasteiger partial charge in [0.15, 0.2) is 5.82 Å². The molecule has 5 rings (SSSR count). The lowest BCUT2D eigenvalue weighted by Crippen LogP contribution is -2.38. The Morgan fingerprint density at radius 1 is 1.38 bits per heavy atom. The monoisotopic (exact) mass is 527 g/mol. The molecule has 4 heterocycles. The summed E-state index contributed by atoms with van der Waals surface area (Å²) >= 11 is 0. The predicted octanol–water partition coefficient (Wildman–Crippen LogP) is 2.03. The van der Waals surface area contributed by atoms with Crippen LogP contribution in [-0.2, 0) is 25.8 Å². The fraction of sp³-hybridized carbons (Fsp3) is 0.375. The van der Waals surface area contributed by atoms with Crippen LogP contribution in [0.4, 0.5) is 5.82 Å². The number of nitrogen functional groups attached to an aromatic ring is 1. The molecule has 0 aliphatic carbocycles. The van der Waals surface area contributed by atoms with Crippen molar-refractivity contribution < 1.29 is 23.8 Å². The van der Waals surface area contributed by atoms with E-state index in [1.54, 1.807) is 16.6 Å². The number of aliphatic imine (C=N–C) groups is 1. The fourth-order valence-electron chi connectivity index (χ4n) is 5.06. The molecule has 196 valence electrons. The van der Waals surface area contributed by atoms with E-state index >= 15 is 0 Å². The number of aromatic nitrogens is 4. The van der Waals surface area contributed by atoms with Crippen molar-refractivity contribution >= 4 is 36.7 Å². The number of hydrogen-bond donors (Lipinski definition) is 5. The lowest BCUT2D eigenvalue weighted by Gasteiger charge is -2.31. The van der Waals surface area contributed by atoms with Crippen molar-refractivity contribution in [1.29, 1.82) is 0 Å². The van der Waals surface area contributed by atoms with Crippen molar-refractivity contribution in [3.8, 4) is 0 Å². The molecule has 37 heavy (non-hydrogen) atoms. The number of anilines is 1. The molecule has 0 saturated carbocycles. The van der Waals surface area contributed by atoms with Crippen molar-refractivity contribution in [2.24, 2.45) is 10.9 Å². The van der Waals surface area contributed by atoms with Crippen LogP contribution in [0.5, 0.6) is 0 Å². The van der Waals surface area contributed by atoms with Gasteiger partial charge < -0.3 is 25.5 Å². The molecule has 1 saturated heterocycles. The molecule has 0 amide bonds. The first kappa shape index (κ1) is 25.5. The summed E-state index contributed by atoms with van der Waals surface area (Å²) in [5.74, 6) is -0.164. The first-order valence-electron chi connectivity index (χ1n) is 11.9. The van der Waals surface area contributed by atoms with Gasteiger partial charge in [-0.2, -0.15) is 5.10 Å². The van der Waals surface area contributed by atoms with Crippen molar-refractivity contribution in [3.63, 3.8) is 0 Å². The molecule has 1 aliphatic rings. The van der Waals surface area contributed by atoms with Gasteiger partial charge in [-0.15, -0.1) is 0 Å². The number of aromatic amines is 1. The Bertz CT molecular complexity index is 1470. The molecule has 6 N–H and O–H groups in total. The van der Waals surface area contributed by atoms with Crippen molar-refractivity contribution in [1.82, 2.24) is 24.7 Å². The summed E-state index contributed by atoms with van der Waals surface area (Å²) in [4.78, 5) is 21.6. The average molecular weight is 528 g/mol. The summed E-state index contributed by atoms with van der Waals surface area (Å²) in [6.45, 7) is 5.47. The Morgan fingerprint density at radius 2 is 2.19 bits per heavy atom. The molecule has 0 bridgehead atoms. The van der Waals surface area contributed by atoms with Crippen LogP contribution in [0.15, 0.2) is 53.9 Å². The van der Waals surface area contributed by atoms with Crippen LogP contribution in [0.2, 0.25) is 0 Å². The molecule has 1 aromatic carbocycles. The lowest BCUT2D eigenvalue weighted by atomic mass is 9.83. The van der Waals surface area contributed by atoms with E-state index in [1.165, 1.54) is 6.33 Å². The maximum absolute atomic E-state index is 12.7. The van der Waals surface area contributed by atoms with E-state index in [9.17, 15) is 14.6 Å². The summed E-state index contributed by atoms with van der Waals surface area (Å²) in [7, 11) is -4.16. The number of para-hydroxylation sites is 1. The van der Waals surface area contributed by atoms with Crippen molar-refractivity contribution in [2.75, 3.05) is 25.4 Å². The highest BCUT2D eigenvalue weighted by Crippen LogP contribution is 2.46. The second-order valence-electron chi connectivity index (χ2n) is 9.20. The normalized spacial score (nSPS) is 25.5. The summed E-state index contributed by atoms with van der Waals surface area (Å²) < 4.78 is 26.0. The Balaban J connectivity index is 1.26. The zero-order valence-electron chi connectivity index (χ0n) is 20.3. The van der Waals surface area contributed by atoms with Crippen molar-refractivity contribution in [2.45, 2.75) is 31.2 Å². The quantitative estimate of drug-likeness (QED) is 0.153. The van der Waals surface area contributed by atoms with E-state index in [0.29, 0.717) is 23.4 Å². The number of ether oxygens (including phenoxy) is 1. The molecule has 3 aromatic heterocycles. The van der Waals surface area contributed by atoms with Crippen LogP contribution in [0.1, 0.15) is 18.2 Å². The number of nitrogens with one attached hydrogen (secondary N) is 2. The van der Waals surface area contributed by atoms with E-state index in [4.69, 9.17) is 15.0 Å². The van der Waals surface area contributed by atoms with Crippen LogP contribution in [0.25, 0.3) is 16.4 Å². The number of aliphatic hydroxyl groups excluding tert-OH is 1. The van der Waals surface area contributed by atoms with Gasteiger partial charge >= 0.3 is 7.75 Å². The van der Waals surface area contributed by atoms with Gasteiger partial charge in [0.1, 0.15) is 23.5 Å². The van der Waals surface area contributed by atoms with Crippen LogP contribution < -0.4 is 10.8 Å². The van der Waals surface area contributed by atoms with Crippen LogP contribution >= 0.6 is 7.75 Å². The number of aliphatic hydroxyl groups is 1. The van der Waals surface area contributed by atoms with Gasteiger partial charge in [-0.25, -0.2) is 19.2 Å². The number of H-pyrrole nitrogens is 1. The first-order chi connectivity index (χ1) is 17.8. The van der Waals surface area contributed by atoms with Crippen molar-refractivity contribution in [3.05, 3.63) is 60.2 Å². The van der Waals surface area contributed by atoms with Gasteiger partial charge in [0, 0.05) is 29.6 Å². The topological polar surface area (TPSA) is 172 Å². The fourth-order valence-corrected chi connectivity index (χ4v) is 5.90. The summed E-state index contributed by atoms with van der Waals surface area (Å²) in [6.07, 6.45) is 1.85. The number of benzene rings is 1. The van der Waals surface area contributed by atoms with E-state index in [1.807, 2.05) is 37.4 Å². The molecule has 0 radical (unpaired) electrons. The molecular weight excluding hydrogens is 497 g/mol. The highest BCUT2D eigenvalue weighted by molar-refractivity contribution is 7.50. The number of fused-ring (bicyclic) bond motifs is 2. The summed E-state index contributed by atoms with van der Waals surface area (Å²) in [6, 6.07) is 11.4. The third kappa shape index (κ3) is 4.68. The zero-order chi connectivity index (χ0) is 26.2. The minimum atomic E-state index is -4.16. The molecule has 12 nitrogen and oxygen atoms in total. The number of hydrogen-bond acceptors (Lipinski definition) is 8. The maximum Gasteiger partial charge on any atom is 0.403 e. The molecule has 4 aromatic rings. The molecule has 5 atom stereocenters. The predicted molar refractivity (Wildman–Crippen MR) is 139 cm³/mol. The lowest BCUT2D eigenvalue weighted by molar-refractivity contribution is -0.0769. The second-order valence-corrected chi connectivity index (χ2v) is 10.8. The third-order valence-electron chi connectivity index (χ3n) is 7.05. The largest absolute Gasteiger partial charge is 0.403 e. The number of nitrogens with zero attached hydrogens (tertiary/aromatic N) is 4. The van der Waals surface area contributed by atoms with E-state index in [2.05, 4.69) is 31.9 Å². The van der Waals surface area contributed by atoms with Gasteiger partial charge in [0.2, 0.25) is 0 Å². The smallest absolute Gasteiger partial charge is 0.390 e. The van der Waals surface area contributed by atoms with Crippen LogP contribution in [0.3, 0.4) is 0 Å². The Hall–Kier alpha value is -3.12. The standard InChI is InChI=1S/C24H30N7O5P/c1-15-22(32)20(36-24(15,13-26-2)21-8-7-19-23(25)28-14-29-31(19)21)12-35-37(33,34)30-10-9-16-11-27-18-6-4-3-5-17(16)18/h3-8,11,14-15,20,22,27,32H,2,9-10,12-13H2,1H3,(H2,25,28,29)(H2,30,33,34). The zero-order valence-corrected chi connectivity index (χ0v) is 21.2. The Kier molecular flexibility index (Phi) is 6.88. The summed E-state index contributed by atoms with van der Waals surface area (Å²) in [5, 5.41) is 19.0. The molecule has 13 heteroatoms.